The number of halogens is 2. The minimum Gasteiger partial charge on any atom is -0.481 e. The van der Waals surface area contributed by atoms with Crippen molar-refractivity contribution >= 4 is 46.0 Å². The van der Waals surface area contributed by atoms with E-state index in [0.29, 0.717) is 16.0 Å². The second kappa shape index (κ2) is 12.0. The van der Waals surface area contributed by atoms with E-state index in [1.165, 1.54) is 0 Å². The van der Waals surface area contributed by atoms with Crippen molar-refractivity contribution in [1.29, 1.82) is 0 Å². The molecule has 1 amide bonds. The van der Waals surface area contributed by atoms with Crippen LogP contribution < -0.4 is 5.73 Å². The predicted molar refractivity (Wildman–Crippen MR) is 143 cm³/mol. The van der Waals surface area contributed by atoms with Crippen LogP contribution in [0.3, 0.4) is 0 Å². The van der Waals surface area contributed by atoms with Crippen molar-refractivity contribution in [3.63, 3.8) is 0 Å². The second-order valence-electron chi connectivity index (χ2n) is 8.72. The van der Waals surface area contributed by atoms with Gasteiger partial charge >= 0.3 is 5.97 Å². The van der Waals surface area contributed by atoms with Gasteiger partial charge in [0.05, 0.1) is 17.8 Å². The summed E-state index contributed by atoms with van der Waals surface area (Å²) in [4.78, 5) is 25.0. The number of nitrogens with two attached hydrogens (primary N) is 1. The first-order valence-corrected chi connectivity index (χ1v) is 12.3. The Morgan fingerprint density at radius 2 is 1.78 bits per heavy atom. The number of hydrogen-bond donors (Lipinski definition) is 2. The monoisotopic (exact) mass is 526 g/mol. The van der Waals surface area contributed by atoms with Crippen molar-refractivity contribution in [2.75, 3.05) is 0 Å². The minimum atomic E-state index is -0.745. The number of hydrogen-bond acceptors (Lipinski definition) is 4. The summed E-state index contributed by atoms with van der Waals surface area (Å²) >= 11 is 12.4. The quantitative estimate of drug-likeness (QED) is 0.281. The number of primary amides is 1. The number of carbonyl (C=O) groups is 2. The highest BCUT2D eigenvalue weighted by Gasteiger charge is 2.20. The molecule has 188 valence electrons. The molecule has 0 saturated carbocycles. The molecule has 0 bridgehead atoms. The van der Waals surface area contributed by atoms with E-state index in [2.05, 4.69) is 31.0 Å². The Morgan fingerprint density at radius 1 is 1.06 bits per heavy atom. The Hall–Kier alpha value is -3.42. The van der Waals surface area contributed by atoms with E-state index in [-0.39, 0.29) is 18.2 Å². The fourth-order valence-corrected chi connectivity index (χ4v) is 4.28. The maximum atomic E-state index is 11.4. The van der Waals surface area contributed by atoms with E-state index >= 15 is 0 Å². The number of carboxylic acids is 1. The van der Waals surface area contributed by atoms with Crippen LogP contribution in [0, 0.1) is 5.92 Å². The zero-order chi connectivity index (χ0) is 26.4. The van der Waals surface area contributed by atoms with Gasteiger partial charge in [0, 0.05) is 33.6 Å². The molecular weight excluding hydrogens is 499 g/mol. The van der Waals surface area contributed by atoms with Gasteiger partial charge in [0.1, 0.15) is 5.69 Å². The Labute approximate surface area is 219 Å². The Balaban J connectivity index is 0.000000658. The minimum absolute atomic E-state index is 0.0168. The SMILES string of the molecule is CC(C)CC(c1ccc(C(N)=O)nc1)n1ncc2cc(-c3ccc(Cl)cc3Cl)ccc21.CCC(=O)O. The number of benzene rings is 2. The number of aromatic nitrogens is 3. The maximum Gasteiger partial charge on any atom is 0.303 e. The number of pyridine rings is 1. The van der Waals surface area contributed by atoms with Gasteiger partial charge in [-0.2, -0.15) is 5.10 Å². The first-order valence-electron chi connectivity index (χ1n) is 11.5. The number of fused-ring (bicyclic) bond motifs is 1. The fraction of sp³-hybridized carbons (Fsp3) is 0.259. The van der Waals surface area contributed by atoms with Gasteiger partial charge in [-0.1, -0.05) is 62.2 Å². The third-order valence-electron chi connectivity index (χ3n) is 5.55. The average molecular weight is 527 g/mol. The number of rotatable bonds is 7. The van der Waals surface area contributed by atoms with Crippen molar-refractivity contribution < 1.29 is 14.7 Å². The molecule has 3 N–H and O–H groups in total. The molecule has 0 fully saturated rings. The second-order valence-corrected chi connectivity index (χ2v) is 9.56. The largest absolute Gasteiger partial charge is 0.481 e. The van der Waals surface area contributed by atoms with Crippen molar-refractivity contribution in [1.82, 2.24) is 14.8 Å². The number of amides is 1. The summed E-state index contributed by atoms with van der Waals surface area (Å²) in [6.07, 6.45) is 4.67. The molecule has 0 aliphatic rings. The molecule has 1 atom stereocenters. The molecule has 7 nitrogen and oxygen atoms in total. The average Bonchev–Trinajstić information content (AvgIpc) is 3.26. The molecule has 9 heteroatoms. The predicted octanol–water partition coefficient (Wildman–Crippen LogP) is 6.62. The smallest absolute Gasteiger partial charge is 0.303 e. The van der Waals surface area contributed by atoms with Crippen molar-refractivity contribution in [3.05, 3.63) is 82.2 Å². The Kier molecular flexibility index (Phi) is 9.07. The molecule has 2 heterocycles. The highest BCUT2D eigenvalue weighted by atomic mass is 35.5. The molecule has 0 saturated heterocycles. The molecule has 0 aliphatic heterocycles. The molecule has 4 aromatic rings. The summed E-state index contributed by atoms with van der Waals surface area (Å²) in [7, 11) is 0. The van der Waals surface area contributed by atoms with Gasteiger partial charge in [0.25, 0.3) is 5.91 Å². The molecule has 4 rings (SSSR count). The van der Waals surface area contributed by atoms with Crippen LogP contribution in [0.2, 0.25) is 10.0 Å². The fourth-order valence-electron chi connectivity index (χ4n) is 3.76. The van der Waals surface area contributed by atoms with Crippen LogP contribution in [0.5, 0.6) is 0 Å². The standard InChI is InChI=1S/C24H22Cl2N4O.C3H6O2/c1-14(2)9-23(16-3-7-21(24(27)31)28-12-16)30-22-8-4-15(10-17(22)13-29-30)19-6-5-18(25)11-20(19)26;1-2-3(4)5/h3-8,10-14,23H,9H2,1-2H3,(H2,27,31);2H2,1H3,(H,4,5). The van der Waals surface area contributed by atoms with Crippen molar-refractivity contribution in [3.8, 4) is 11.1 Å². The van der Waals surface area contributed by atoms with Crippen LogP contribution >= 0.6 is 23.2 Å². The zero-order valence-electron chi connectivity index (χ0n) is 20.3. The third kappa shape index (κ3) is 6.62. The molecule has 36 heavy (non-hydrogen) atoms. The van der Waals surface area contributed by atoms with E-state index in [0.717, 1.165) is 34.0 Å². The highest BCUT2D eigenvalue weighted by Crippen LogP contribution is 2.34. The van der Waals surface area contributed by atoms with Gasteiger partial charge < -0.3 is 10.8 Å². The van der Waals surface area contributed by atoms with Crippen LogP contribution in [0.4, 0.5) is 0 Å². The van der Waals surface area contributed by atoms with Crippen LogP contribution in [-0.2, 0) is 4.79 Å². The van der Waals surface area contributed by atoms with Crippen LogP contribution in [0.15, 0.2) is 60.9 Å². The normalized spacial score (nSPS) is 11.7. The lowest BCUT2D eigenvalue weighted by Gasteiger charge is -2.21. The molecule has 2 aromatic carbocycles. The molecule has 2 aromatic heterocycles. The van der Waals surface area contributed by atoms with Gasteiger partial charge in [-0.05, 0) is 53.8 Å². The molecule has 0 spiro atoms. The summed E-state index contributed by atoms with van der Waals surface area (Å²) < 4.78 is 2.02. The summed E-state index contributed by atoms with van der Waals surface area (Å²) in [6, 6.07) is 15.2. The van der Waals surface area contributed by atoms with Gasteiger partial charge in [-0.15, -0.1) is 0 Å². The maximum absolute atomic E-state index is 11.4. The van der Waals surface area contributed by atoms with Crippen LogP contribution in [-0.4, -0.2) is 31.7 Å². The van der Waals surface area contributed by atoms with E-state index in [1.54, 1.807) is 25.3 Å². The summed E-state index contributed by atoms with van der Waals surface area (Å²) in [5, 5.41) is 14.6. The highest BCUT2D eigenvalue weighted by molar-refractivity contribution is 6.36. The lowest BCUT2D eigenvalue weighted by atomic mass is 9.97. The van der Waals surface area contributed by atoms with Crippen molar-refractivity contribution in [2.24, 2.45) is 11.7 Å². The lowest BCUT2D eigenvalue weighted by molar-refractivity contribution is -0.136. The first-order chi connectivity index (χ1) is 17.1. The van der Waals surface area contributed by atoms with E-state index in [1.807, 2.05) is 35.1 Å². The summed E-state index contributed by atoms with van der Waals surface area (Å²) in [5.41, 5.74) is 9.50. The van der Waals surface area contributed by atoms with Crippen LogP contribution in [0.25, 0.3) is 22.0 Å². The third-order valence-corrected chi connectivity index (χ3v) is 6.10. The lowest BCUT2D eigenvalue weighted by Crippen LogP contribution is -2.17. The Bertz CT molecular complexity index is 1370. The van der Waals surface area contributed by atoms with E-state index in [4.69, 9.17) is 39.1 Å². The zero-order valence-corrected chi connectivity index (χ0v) is 21.8. The van der Waals surface area contributed by atoms with E-state index < -0.39 is 11.9 Å². The molecular formula is C27H28Cl2N4O3. The summed E-state index contributed by atoms with van der Waals surface area (Å²) in [6.45, 7) is 5.94. The van der Waals surface area contributed by atoms with Gasteiger partial charge in [-0.3, -0.25) is 19.3 Å². The topological polar surface area (TPSA) is 111 Å². The molecule has 0 aliphatic carbocycles. The van der Waals surface area contributed by atoms with Crippen molar-refractivity contribution in [2.45, 2.75) is 39.7 Å². The number of carboxylic acid groups (broad SMARTS) is 1. The molecule has 0 radical (unpaired) electrons. The molecule has 1 unspecified atom stereocenters. The van der Waals surface area contributed by atoms with Gasteiger partial charge in [-0.25, -0.2) is 0 Å². The number of nitrogens with zero attached hydrogens (tertiary/aromatic N) is 3. The summed E-state index contributed by atoms with van der Waals surface area (Å²) in [5.74, 6) is -0.845. The first kappa shape index (κ1) is 27.2. The Morgan fingerprint density at radius 3 is 2.33 bits per heavy atom. The van der Waals surface area contributed by atoms with Crippen LogP contribution in [0.1, 0.15) is 55.7 Å². The van der Waals surface area contributed by atoms with Gasteiger partial charge in [0.2, 0.25) is 0 Å². The number of carbonyl (C=O) groups excluding carboxylic acids is 1. The van der Waals surface area contributed by atoms with Gasteiger partial charge in [0.15, 0.2) is 0 Å². The number of aliphatic carboxylic acids is 1. The van der Waals surface area contributed by atoms with E-state index in [9.17, 15) is 9.59 Å².